The number of ether oxygens (including phenoxy) is 1. The predicted molar refractivity (Wildman–Crippen MR) is 98.5 cm³/mol. The van der Waals surface area contributed by atoms with Crippen molar-refractivity contribution in [3.63, 3.8) is 0 Å². The van der Waals surface area contributed by atoms with Crippen LogP contribution < -0.4 is 10.1 Å². The molecule has 0 aliphatic carbocycles. The number of pyridine rings is 1. The Morgan fingerprint density at radius 3 is 3.07 bits per heavy atom. The van der Waals surface area contributed by atoms with Crippen LogP contribution in [0, 0.1) is 11.7 Å². The Bertz CT molecular complexity index is 1040. The molecular weight excluding hydrogens is 365 g/mol. The molecule has 2 bridgehead atoms. The van der Waals surface area contributed by atoms with Gasteiger partial charge in [0.1, 0.15) is 23.6 Å². The zero-order chi connectivity index (χ0) is 19.7. The van der Waals surface area contributed by atoms with Gasteiger partial charge in [0.05, 0.1) is 12.2 Å². The topological polar surface area (TPSA) is 102 Å². The molecule has 28 heavy (non-hydrogen) atoms. The molecule has 1 aliphatic heterocycles. The van der Waals surface area contributed by atoms with Crippen molar-refractivity contribution in [1.82, 2.24) is 19.7 Å². The Morgan fingerprint density at radius 2 is 2.21 bits per heavy atom. The number of hydrogen-bond donors (Lipinski definition) is 2. The molecule has 1 aliphatic rings. The minimum absolute atomic E-state index is 0.0268. The van der Waals surface area contributed by atoms with E-state index >= 15 is 0 Å². The Hall–Kier alpha value is -3.49. The summed E-state index contributed by atoms with van der Waals surface area (Å²) in [6, 6.07) is 7.22. The maximum Gasteiger partial charge on any atom is 0.260 e. The van der Waals surface area contributed by atoms with E-state index in [4.69, 9.17) is 4.74 Å². The standard InChI is InChI=1S/C19H18FN5O3/c1-11-5-6-28-16-8-13(20)15(26)7-12(16)19(27)23-17-4-2-3-14(22-17)18-24-21-10-25(18)9-11/h2-4,7-8,10-11,26H,5-6,9H2,1H3,(H,22,23,27)/t11-/m0/s1. The molecule has 2 N–H and O–H groups in total. The van der Waals surface area contributed by atoms with Crippen molar-refractivity contribution in [1.29, 1.82) is 0 Å². The number of phenols is 1. The van der Waals surface area contributed by atoms with Crippen LogP contribution in [-0.2, 0) is 6.54 Å². The molecule has 144 valence electrons. The van der Waals surface area contributed by atoms with Gasteiger partial charge in [0, 0.05) is 12.6 Å². The average Bonchev–Trinajstić information content (AvgIpc) is 3.12. The third-order valence-corrected chi connectivity index (χ3v) is 4.51. The summed E-state index contributed by atoms with van der Waals surface area (Å²) in [5.74, 6) is -0.880. The number of aromatic hydroxyl groups is 1. The summed E-state index contributed by atoms with van der Waals surface area (Å²) in [4.78, 5) is 17.1. The van der Waals surface area contributed by atoms with Crippen LogP contribution in [0.2, 0.25) is 0 Å². The second-order valence-electron chi connectivity index (χ2n) is 6.71. The number of carbonyl (C=O) groups excluding carboxylic acids is 1. The molecule has 1 amide bonds. The lowest BCUT2D eigenvalue weighted by Crippen LogP contribution is -2.17. The third kappa shape index (κ3) is 3.51. The summed E-state index contributed by atoms with van der Waals surface area (Å²) in [6.45, 7) is 2.99. The molecule has 4 rings (SSSR count). The van der Waals surface area contributed by atoms with E-state index in [-0.39, 0.29) is 29.7 Å². The zero-order valence-corrected chi connectivity index (χ0v) is 15.1. The van der Waals surface area contributed by atoms with E-state index in [0.29, 0.717) is 24.5 Å². The van der Waals surface area contributed by atoms with E-state index in [2.05, 4.69) is 20.5 Å². The van der Waals surface area contributed by atoms with Gasteiger partial charge in [-0.3, -0.25) is 4.79 Å². The van der Waals surface area contributed by atoms with Gasteiger partial charge in [-0.2, -0.15) is 0 Å². The Labute approximate surface area is 160 Å². The van der Waals surface area contributed by atoms with Gasteiger partial charge in [0.15, 0.2) is 17.4 Å². The smallest absolute Gasteiger partial charge is 0.260 e. The van der Waals surface area contributed by atoms with Crippen molar-refractivity contribution in [3.05, 3.63) is 48.0 Å². The number of benzene rings is 1. The molecule has 0 unspecified atom stereocenters. The molecule has 2 aromatic heterocycles. The number of nitrogens with one attached hydrogen (secondary N) is 1. The SMILES string of the molecule is C[C@H]1CCOc2cc(F)c(O)cc2C(=O)Nc2cccc(n2)-c2nncn2C1. The number of aromatic nitrogens is 4. The van der Waals surface area contributed by atoms with E-state index in [1.165, 1.54) is 0 Å². The average molecular weight is 383 g/mol. The maximum atomic E-state index is 13.8. The molecule has 0 fully saturated rings. The molecule has 1 aromatic carbocycles. The number of rotatable bonds is 0. The van der Waals surface area contributed by atoms with Crippen LogP contribution in [0.4, 0.5) is 10.2 Å². The van der Waals surface area contributed by atoms with E-state index in [1.54, 1.807) is 24.5 Å². The molecule has 0 spiro atoms. The Morgan fingerprint density at radius 1 is 1.36 bits per heavy atom. The first-order chi connectivity index (χ1) is 13.5. The molecule has 0 saturated carbocycles. The van der Waals surface area contributed by atoms with Gasteiger partial charge in [0.25, 0.3) is 5.91 Å². The van der Waals surface area contributed by atoms with Crippen molar-refractivity contribution in [3.8, 4) is 23.0 Å². The van der Waals surface area contributed by atoms with E-state index in [1.807, 2.05) is 11.5 Å². The summed E-state index contributed by atoms with van der Waals surface area (Å²) >= 11 is 0. The fourth-order valence-electron chi connectivity index (χ4n) is 3.04. The normalized spacial score (nSPS) is 16.9. The van der Waals surface area contributed by atoms with Gasteiger partial charge < -0.3 is 19.7 Å². The van der Waals surface area contributed by atoms with E-state index < -0.39 is 17.5 Å². The zero-order valence-electron chi connectivity index (χ0n) is 15.1. The first kappa shape index (κ1) is 17.9. The fourth-order valence-corrected chi connectivity index (χ4v) is 3.04. The predicted octanol–water partition coefficient (Wildman–Crippen LogP) is 2.86. The van der Waals surface area contributed by atoms with Crippen LogP contribution in [0.1, 0.15) is 23.7 Å². The van der Waals surface area contributed by atoms with Crippen molar-refractivity contribution in [2.24, 2.45) is 5.92 Å². The lowest BCUT2D eigenvalue weighted by atomic mass is 10.1. The van der Waals surface area contributed by atoms with Crippen LogP contribution >= 0.6 is 0 Å². The summed E-state index contributed by atoms with van der Waals surface area (Å²) in [6.07, 6.45) is 2.30. The van der Waals surface area contributed by atoms with Crippen LogP contribution in [-0.4, -0.2) is 37.4 Å². The molecule has 8 nitrogen and oxygen atoms in total. The van der Waals surface area contributed by atoms with Crippen LogP contribution in [0.5, 0.6) is 11.5 Å². The highest BCUT2D eigenvalue weighted by atomic mass is 19.1. The molecule has 1 atom stereocenters. The Kier molecular flexibility index (Phi) is 4.64. The van der Waals surface area contributed by atoms with Crippen molar-refractivity contribution < 1.29 is 19.0 Å². The molecule has 9 heteroatoms. The summed E-state index contributed by atoms with van der Waals surface area (Å²) in [5.41, 5.74) is 0.594. The fraction of sp³-hybridized carbons (Fsp3) is 0.263. The number of anilines is 1. The number of hydrogen-bond acceptors (Lipinski definition) is 6. The van der Waals surface area contributed by atoms with Gasteiger partial charge >= 0.3 is 0 Å². The van der Waals surface area contributed by atoms with Gasteiger partial charge in [-0.1, -0.05) is 13.0 Å². The molecule has 3 heterocycles. The number of carbonyl (C=O) groups is 1. The van der Waals surface area contributed by atoms with Crippen molar-refractivity contribution >= 4 is 11.7 Å². The first-order valence-electron chi connectivity index (χ1n) is 8.83. The maximum absolute atomic E-state index is 13.8. The minimum Gasteiger partial charge on any atom is -0.505 e. The largest absolute Gasteiger partial charge is 0.505 e. The number of nitrogens with zero attached hydrogens (tertiary/aromatic N) is 4. The third-order valence-electron chi connectivity index (χ3n) is 4.51. The summed E-state index contributed by atoms with van der Waals surface area (Å²) in [7, 11) is 0. The molecule has 0 radical (unpaired) electrons. The second kappa shape index (κ2) is 7.26. The summed E-state index contributed by atoms with van der Waals surface area (Å²) < 4.78 is 21.4. The first-order valence-corrected chi connectivity index (χ1v) is 8.83. The summed E-state index contributed by atoms with van der Waals surface area (Å²) in [5, 5.41) is 20.4. The lowest BCUT2D eigenvalue weighted by molar-refractivity contribution is 0.102. The van der Waals surface area contributed by atoms with Gasteiger partial charge in [-0.05, 0) is 30.5 Å². The Balaban J connectivity index is 1.78. The van der Waals surface area contributed by atoms with E-state index in [9.17, 15) is 14.3 Å². The highest BCUT2D eigenvalue weighted by Crippen LogP contribution is 2.29. The minimum atomic E-state index is -0.852. The number of amides is 1. The quantitative estimate of drug-likeness (QED) is 0.619. The van der Waals surface area contributed by atoms with Gasteiger partial charge in [-0.25, -0.2) is 9.37 Å². The second-order valence-corrected chi connectivity index (χ2v) is 6.71. The van der Waals surface area contributed by atoms with Crippen LogP contribution in [0.3, 0.4) is 0 Å². The van der Waals surface area contributed by atoms with Gasteiger partial charge in [-0.15, -0.1) is 10.2 Å². The lowest BCUT2D eigenvalue weighted by Gasteiger charge is -2.17. The molecular formula is C19H18FN5O3. The monoisotopic (exact) mass is 383 g/mol. The number of fused-ring (bicyclic) bond motifs is 5. The van der Waals surface area contributed by atoms with E-state index in [0.717, 1.165) is 12.1 Å². The highest BCUT2D eigenvalue weighted by molar-refractivity contribution is 6.06. The number of phenolic OH excluding ortho intramolecular Hbond substituents is 1. The van der Waals surface area contributed by atoms with Gasteiger partial charge in [0.2, 0.25) is 0 Å². The van der Waals surface area contributed by atoms with Crippen molar-refractivity contribution in [2.75, 3.05) is 11.9 Å². The molecule has 0 saturated heterocycles. The highest BCUT2D eigenvalue weighted by Gasteiger charge is 2.20. The van der Waals surface area contributed by atoms with Crippen molar-refractivity contribution in [2.45, 2.75) is 19.9 Å². The van der Waals surface area contributed by atoms with Crippen LogP contribution in [0.15, 0.2) is 36.7 Å². The number of halogens is 1. The molecule has 3 aromatic rings. The van der Waals surface area contributed by atoms with Crippen LogP contribution in [0.25, 0.3) is 11.5 Å².